The number of carbonyl (C=O) groups is 1. The van der Waals surface area contributed by atoms with E-state index >= 15 is 0 Å². The highest BCUT2D eigenvalue weighted by molar-refractivity contribution is 9.10. The van der Waals surface area contributed by atoms with Crippen LogP contribution >= 0.6 is 27.5 Å². The van der Waals surface area contributed by atoms with Gasteiger partial charge in [0.15, 0.2) is 5.75 Å². The quantitative estimate of drug-likeness (QED) is 0.492. The van der Waals surface area contributed by atoms with E-state index in [1.807, 2.05) is 31.2 Å². The number of hydrogen-bond donors (Lipinski definition) is 2. The molecule has 0 unspecified atom stereocenters. The van der Waals surface area contributed by atoms with E-state index in [4.69, 9.17) is 16.7 Å². The number of ether oxygens (including phenoxy) is 1. The molecule has 2 N–H and O–H groups in total. The molecule has 2 aromatic carbocycles. The first kappa shape index (κ1) is 20.2. The smallest absolute Gasteiger partial charge is 0.449 e. The topological polar surface area (TPSA) is 80.6 Å². The van der Waals surface area contributed by atoms with E-state index in [0.29, 0.717) is 34.7 Å². The Hall–Kier alpha value is -2.51. The fourth-order valence-corrected chi connectivity index (χ4v) is 3.43. The van der Waals surface area contributed by atoms with E-state index in [2.05, 4.69) is 26.0 Å². The van der Waals surface area contributed by atoms with Gasteiger partial charge in [0.1, 0.15) is 0 Å². The van der Waals surface area contributed by atoms with Gasteiger partial charge in [-0.15, -0.1) is 0 Å². The van der Waals surface area contributed by atoms with Gasteiger partial charge in [0.05, 0.1) is 27.8 Å². The molecule has 0 aliphatic rings. The molecule has 0 atom stereocenters. The maximum atomic E-state index is 12.6. The number of aromatic nitrogens is 1. The second kappa shape index (κ2) is 8.67. The molecule has 3 rings (SSSR count). The number of carboxylic acid groups (broad SMARTS) is 1. The average molecular weight is 466 g/mol. The maximum absolute atomic E-state index is 12.6. The Bertz CT molecular complexity index is 1080. The van der Waals surface area contributed by atoms with Crippen LogP contribution < -0.4 is 15.5 Å². The lowest BCUT2D eigenvalue weighted by atomic mass is 10.1. The lowest BCUT2D eigenvalue weighted by Crippen LogP contribution is -2.16. The van der Waals surface area contributed by atoms with Gasteiger partial charge in [-0.05, 0) is 43.2 Å². The lowest BCUT2D eigenvalue weighted by Gasteiger charge is -2.14. The van der Waals surface area contributed by atoms with E-state index in [1.165, 1.54) is 6.20 Å². The zero-order chi connectivity index (χ0) is 20.3. The number of pyridine rings is 1. The van der Waals surface area contributed by atoms with E-state index in [9.17, 15) is 9.59 Å². The van der Waals surface area contributed by atoms with Gasteiger partial charge in [-0.3, -0.25) is 4.79 Å². The summed E-state index contributed by atoms with van der Waals surface area (Å²) < 4.78 is 7.39. The third kappa shape index (κ3) is 4.48. The largest absolute Gasteiger partial charge is 0.511 e. The maximum Gasteiger partial charge on any atom is 0.511 e. The fraction of sp³-hybridized carbons (Fsp3) is 0.200. The van der Waals surface area contributed by atoms with Crippen LogP contribution in [0.3, 0.4) is 0 Å². The van der Waals surface area contributed by atoms with Crippen molar-refractivity contribution in [1.29, 1.82) is 0 Å². The Labute approximate surface area is 174 Å². The zero-order valence-corrected chi connectivity index (χ0v) is 17.4. The fourth-order valence-electron chi connectivity index (χ4n) is 2.94. The SMILES string of the molecule is CCn1cc(OC(=O)O)c(=O)c2cc(NCCc3ccc(Br)cc3)c(Cl)cc21. The number of hydrogen-bond acceptors (Lipinski definition) is 4. The van der Waals surface area contributed by atoms with Crippen LogP contribution in [-0.2, 0) is 13.0 Å². The summed E-state index contributed by atoms with van der Waals surface area (Å²) in [5.41, 5.74) is 1.90. The minimum absolute atomic E-state index is 0.231. The Morgan fingerprint density at radius 3 is 2.64 bits per heavy atom. The summed E-state index contributed by atoms with van der Waals surface area (Å²) in [5.74, 6) is -0.231. The third-order valence-electron chi connectivity index (χ3n) is 4.32. The van der Waals surface area contributed by atoms with Crippen LogP contribution in [0, 0.1) is 0 Å². The molecule has 28 heavy (non-hydrogen) atoms. The first-order chi connectivity index (χ1) is 13.4. The normalized spacial score (nSPS) is 10.8. The second-order valence-corrected chi connectivity index (χ2v) is 7.45. The van der Waals surface area contributed by atoms with Crippen LogP contribution in [0.4, 0.5) is 10.5 Å². The van der Waals surface area contributed by atoms with Crippen LogP contribution in [0.5, 0.6) is 5.75 Å². The molecule has 0 amide bonds. The predicted molar refractivity (Wildman–Crippen MR) is 114 cm³/mol. The minimum atomic E-state index is -1.53. The highest BCUT2D eigenvalue weighted by Gasteiger charge is 2.15. The molecule has 0 fully saturated rings. The molecule has 0 aliphatic carbocycles. The van der Waals surface area contributed by atoms with Gasteiger partial charge in [-0.1, -0.05) is 39.7 Å². The molecule has 0 saturated heterocycles. The van der Waals surface area contributed by atoms with Gasteiger partial charge in [-0.2, -0.15) is 0 Å². The minimum Gasteiger partial charge on any atom is -0.449 e. The van der Waals surface area contributed by atoms with Crippen molar-refractivity contribution in [2.24, 2.45) is 0 Å². The standard InChI is InChI=1S/C20H18BrClN2O4/c1-2-24-11-18(28-20(26)27)19(25)14-9-16(15(22)10-17(14)24)23-8-7-12-3-5-13(21)6-4-12/h3-6,9-11,23H,2,7-8H2,1H3,(H,26,27). The summed E-state index contributed by atoms with van der Waals surface area (Å²) >= 11 is 9.81. The molecule has 0 radical (unpaired) electrons. The van der Waals surface area contributed by atoms with Crippen molar-refractivity contribution in [3.8, 4) is 5.75 Å². The van der Waals surface area contributed by atoms with Gasteiger partial charge in [-0.25, -0.2) is 4.79 Å². The van der Waals surface area contributed by atoms with Crippen molar-refractivity contribution in [3.05, 3.63) is 67.9 Å². The first-order valence-electron chi connectivity index (χ1n) is 8.65. The number of nitrogens with one attached hydrogen (secondary N) is 1. The van der Waals surface area contributed by atoms with Crippen LogP contribution in [0.2, 0.25) is 5.02 Å². The summed E-state index contributed by atoms with van der Waals surface area (Å²) in [6.45, 7) is 3.03. The molecular weight excluding hydrogens is 448 g/mol. The zero-order valence-electron chi connectivity index (χ0n) is 15.0. The van der Waals surface area contributed by atoms with Crippen LogP contribution in [0.15, 0.2) is 51.9 Å². The van der Waals surface area contributed by atoms with Crippen molar-refractivity contribution < 1.29 is 14.6 Å². The molecule has 3 aromatic rings. The summed E-state index contributed by atoms with van der Waals surface area (Å²) in [7, 11) is 0. The number of nitrogens with zero attached hydrogens (tertiary/aromatic N) is 1. The molecule has 0 aliphatic heterocycles. The highest BCUT2D eigenvalue weighted by Crippen LogP contribution is 2.28. The van der Waals surface area contributed by atoms with Gasteiger partial charge in [0, 0.05) is 17.6 Å². The Kier molecular flexibility index (Phi) is 6.26. The molecule has 8 heteroatoms. The molecule has 0 bridgehead atoms. The molecule has 1 aromatic heterocycles. The average Bonchev–Trinajstić information content (AvgIpc) is 2.66. The molecule has 1 heterocycles. The van der Waals surface area contributed by atoms with E-state index in [-0.39, 0.29) is 5.75 Å². The number of anilines is 1. The Balaban J connectivity index is 1.91. The number of fused-ring (bicyclic) bond motifs is 1. The van der Waals surface area contributed by atoms with Gasteiger partial charge >= 0.3 is 6.16 Å². The number of halogens is 2. The summed E-state index contributed by atoms with van der Waals surface area (Å²) in [5, 5.41) is 12.9. The first-order valence-corrected chi connectivity index (χ1v) is 9.82. The van der Waals surface area contributed by atoms with E-state index in [0.717, 1.165) is 16.5 Å². The van der Waals surface area contributed by atoms with Crippen LogP contribution in [0.1, 0.15) is 12.5 Å². The number of aryl methyl sites for hydroxylation is 1. The van der Waals surface area contributed by atoms with E-state index < -0.39 is 11.6 Å². The molecule has 146 valence electrons. The second-order valence-electron chi connectivity index (χ2n) is 6.13. The monoisotopic (exact) mass is 464 g/mol. The van der Waals surface area contributed by atoms with E-state index in [1.54, 1.807) is 16.7 Å². The Morgan fingerprint density at radius 1 is 1.29 bits per heavy atom. The van der Waals surface area contributed by atoms with Crippen molar-refractivity contribution in [3.63, 3.8) is 0 Å². The Morgan fingerprint density at radius 2 is 2.00 bits per heavy atom. The predicted octanol–water partition coefficient (Wildman–Crippen LogP) is 5.15. The van der Waals surface area contributed by atoms with Crippen molar-refractivity contribution >= 4 is 50.3 Å². The molecular formula is C20H18BrClN2O4. The van der Waals surface area contributed by atoms with Crippen LogP contribution in [0.25, 0.3) is 10.9 Å². The van der Waals surface area contributed by atoms with Crippen LogP contribution in [-0.4, -0.2) is 22.4 Å². The number of rotatable bonds is 6. The van der Waals surface area contributed by atoms with Gasteiger partial charge < -0.3 is 19.7 Å². The highest BCUT2D eigenvalue weighted by atomic mass is 79.9. The molecule has 0 saturated carbocycles. The summed E-state index contributed by atoms with van der Waals surface area (Å²) in [6, 6.07) is 11.4. The number of benzene rings is 2. The van der Waals surface area contributed by atoms with Crippen molar-refractivity contribution in [1.82, 2.24) is 4.57 Å². The van der Waals surface area contributed by atoms with Crippen molar-refractivity contribution in [2.75, 3.05) is 11.9 Å². The summed E-state index contributed by atoms with van der Waals surface area (Å²) in [6.07, 6.45) is 0.638. The molecule has 6 nitrogen and oxygen atoms in total. The summed E-state index contributed by atoms with van der Waals surface area (Å²) in [4.78, 5) is 23.5. The van der Waals surface area contributed by atoms with Crippen molar-refractivity contribution in [2.45, 2.75) is 19.9 Å². The van der Waals surface area contributed by atoms with Gasteiger partial charge in [0.2, 0.25) is 5.43 Å². The molecule has 0 spiro atoms. The van der Waals surface area contributed by atoms with Gasteiger partial charge in [0.25, 0.3) is 0 Å². The lowest BCUT2D eigenvalue weighted by molar-refractivity contribution is 0.144. The third-order valence-corrected chi connectivity index (χ3v) is 5.16.